The van der Waals surface area contributed by atoms with Crippen molar-refractivity contribution in [1.29, 1.82) is 0 Å². The zero-order valence-corrected chi connectivity index (χ0v) is 11.3. The summed E-state index contributed by atoms with van der Waals surface area (Å²) in [5.74, 6) is 1.65. The Morgan fingerprint density at radius 3 is 2.65 bits per heavy atom. The molecule has 20 heavy (non-hydrogen) atoms. The highest BCUT2D eigenvalue weighted by molar-refractivity contribution is 5.85. The van der Waals surface area contributed by atoms with E-state index >= 15 is 0 Å². The summed E-state index contributed by atoms with van der Waals surface area (Å²) in [6, 6.07) is 11.5. The minimum atomic E-state index is 0.170. The van der Waals surface area contributed by atoms with Crippen molar-refractivity contribution in [3.63, 3.8) is 0 Å². The number of phenols is 1. The highest BCUT2D eigenvalue weighted by atomic mass is 16.5. The number of rotatable bonds is 4. The van der Waals surface area contributed by atoms with Crippen LogP contribution in [0, 0.1) is 0 Å². The lowest BCUT2D eigenvalue weighted by Crippen LogP contribution is -2.06. The van der Waals surface area contributed by atoms with Gasteiger partial charge in [0.15, 0.2) is 11.5 Å². The Balaban J connectivity index is 1.74. The van der Waals surface area contributed by atoms with Crippen LogP contribution in [0.25, 0.3) is 10.8 Å². The number of hydrogen-bond acceptors (Lipinski definition) is 3. The van der Waals surface area contributed by atoms with Crippen LogP contribution in [-0.4, -0.2) is 21.3 Å². The molecule has 4 heteroatoms. The number of aromatic nitrogens is 2. The van der Waals surface area contributed by atoms with Gasteiger partial charge in [0.1, 0.15) is 5.82 Å². The standard InChI is InChI=1S/C16H16N2O2/c1-18-8-7-17-16(18)6-9-20-15-11-13-5-3-2-4-12(13)10-14(15)19/h2-5,7-8,10-11,19H,6,9H2,1H3. The van der Waals surface area contributed by atoms with Crippen molar-refractivity contribution in [2.45, 2.75) is 6.42 Å². The lowest BCUT2D eigenvalue weighted by Gasteiger charge is -2.09. The number of phenolic OH excluding ortho intramolecular Hbond substituents is 1. The van der Waals surface area contributed by atoms with Gasteiger partial charge in [-0.2, -0.15) is 0 Å². The third kappa shape index (κ3) is 2.45. The van der Waals surface area contributed by atoms with Crippen molar-refractivity contribution in [1.82, 2.24) is 9.55 Å². The van der Waals surface area contributed by atoms with Gasteiger partial charge < -0.3 is 14.4 Å². The summed E-state index contributed by atoms with van der Waals surface area (Å²) in [5.41, 5.74) is 0. The van der Waals surface area contributed by atoms with Crippen LogP contribution in [0.2, 0.25) is 0 Å². The molecule has 0 fully saturated rings. The SMILES string of the molecule is Cn1ccnc1CCOc1cc2ccccc2cc1O. The van der Waals surface area contributed by atoms with Crippen LogP contribution in [0.4, 0.5) is 0 Å². The summed E-state index contributed by atoms with van der Waals surface area (Å²) in [5, 5.41) is 12.0. The van der Waals surface area contributed by atoms with Gasteiger partial charge in [-0.25, -0.2) is 4.98 Å². The Bertz CT molecular complexity index is 734. The van der Waals surface area contributed by atoms with Crippen LogP contribution in [0.1, 0.15) is 5.82 Å². The zero-order chi connectivity index (χ0) is 13.9. The molecular formula is C16H16N2O2. The van der Waals surface area contributed by atoms with E-state index in [1.807, 2.05) is 48.1 Å². The van der Waals surface area contributed by atoms with E-state index in [-0.39, 0.29) is 5.75 Å². The molecule has 0 aliphatic heterocycles. The normalized spacial score (nSPS) is 10.8. The molecule has 0 saturated carbocycles. The van der Waals surface area contributed by atoms with Crippen molar-refractivity contribution in [2.24, 2.45) is 7.05 Å². The van der Waals surface area contributed by atoms with E-state index in [0.717, 1.165) is 16.6 Å². The molecule has 3 aromatic rings. The second-order valence-corrected chi connectivity index (χ2v) is 4.72. The van der Waals surface area contributed by atoms with E-state index in [9.17, 15) is 5.11 Å². The number of aromatic hydroxyl groups is 1. The first-order valence-corrected chi connectivity index (χ1v) is 6.55. The molecule has 0 bridgehead atoms. The second kappa shape index (κ2) is 5.25. The van der Waals surface area contributed by atoms with Crippen molar-refractivity contribution >= 4 is 10.8 Å². The number of imidazole rings is 1. The summed E-state index contributed by atoms with van der Waals surface area (Å²) in [7, 11) is 1.95. The number of hydrogen-bond donors (Lipinski definition) is 1. The largest absolute Gasteiger partial charge is 0.504 e. The van der Waals surface area contributed by atoms with Gasteiger partial charge >= 0.3 is 0 Å². The summed E-state index contributed by atoms with van der Waals surface area (Å²) in [4.78, 5) is 4.24. The molecule has 1 N–H and O–H groups in total. The Hall–Kier alpha value is -2.49. The first kappa shape index (κ1) is 12.5. The molecule has 2 aromatic carbocycles. The highest BCUT2D eigenvalue weighted by Gasteiger charge is 2.06. The predicted molar refractivity (Wildman–Crippen MR) is 78.0 cm³/mol. The minimum Gasteiger partial charge on any atom is -0.504 e. The van der Waals surface area contributed by atoms with Gasteiger partial charge in [-0.1, -0.05) is 24.3 Å². The smallest absolute Gasteiger partial charge is 0.161 e. The maximum absolute atomic E-state index is 9.97. The summed E-state index contributed by atoms with van der Waals surface area (Å²) < 4.78 is 7.63. The molecule has 102 valence electrons. The first-order chi connectivity index (χ1) is 9.74. The Labute approximate surface area is 117 Å². The fourth-order valence-corrected chi connectivity index (χ4v) is 2.21. The van der Waals surface area contributed by atoms with Crippen LogP contribution in [-0.2, 0) is 13.5 Å². The van der Waals surface area contributed by atoms with Crippen molar-refractivity contribution in [3.05, 3.63) is 54.6 Å². The molecule has 0 amide bonds. The zero-order valence-electron chi connectivity index (χ0n) is 11.3. The van der Waals surface area contributed by atoms with E-state index in [4.69, 9.17) is 4.74 Å². The van der Waals surface area contributed by atoms with Crippen LogP contribution in [0.5, 0.6) is 11.5 Å². The minimum absolute atomic E-state index is 0.170. The van der Waals surface area contributed by atoms with Crippen LogP contribution in [0.15, 0.2) is 48.8 Å². The van der Waals surface area contributed by atoms with Gasteiger partial charge in [0.25, 0.3) is 0 Å². The van der Waals surface area contributed by atoms with Crippen molar-refractivity contribution < 1.29 is 9.84 Å². The summed E-state index contributed by atoms with van der Waals surface area (Å²) in [6.07, 6.45) is 4.38. The maximum atomic E-state index is 9.97. The molecule has 3 rings (SSSR count). The number of nitrogens with zero attached hydrogens (tertiary/aromatic N) is 2. The molecule has 1 heterocycles. The number of fused-ring (bicyclic) bond motifs is 1. The predicted octanol–water partition coefficient (Wildman–Crippen LogP) is 2.90. The van der Waals surface area contributed by atoms with Gasteiger partial charge in [0.05, 0.1) is 6.61 Å². The summed E-state index contributed by atoms with van der Waals surface area (Å²) >= 11 is 0. The molecule has 0 spiro atoms. The quantitative estimate of drug-likeness (QED) is 0.791. The number of benzene rings is 2. The van der Waals surface area contributed by atoms with Gasteiger partial charge in [-0.3, -0.25) is 0 Å². The van der Waals surface area contributed by atoms with Gasteiger partial charge in [0.2, 0.25) is 0 Å². The molecule has 0 atom stereocenters. The topological polar surface area (TPSA) is 47.3 Å². The maximum Gasteiger partial charge on any atom is 0.161 e. The second-order valence-electron chi connectivity index (χ2n) is 4.72. The monoisotopic (exact) mass is 268 g/mol. The molecule has 0 radical (unpaired) electrons. The molecule has 0 aliphatic rings. The van der Waals surface area contributed by atoms with Gasteiger partial charge in [-0.05, 0) is 22.9 Å². The number of aryl methyl sites for hydroxylation is 1. The average molecular weight is 268 g/mol. The van der Waals surface area contributed by atoms with Crippen molar-refractivity contribution in [3.8, 4) is 11.5 Å². The fourth-order valence-electron chi connectivity index (χ4n) is 2.21. The summed E-state index contributed by atoms with van der Waals surface area (Å²) in [6.45, 7) is 0.483. The van der Waals surface area contributed by atoms with Crippen LogP contribution >= 0.6 is 0 Å². The van der Waals surface area contributed by atoms with E-state index in [0.29, 0.717) is 18.8 Å². The molecule has 1 aromatic heterocycles. The Kier molecular flexibility index (Phi) is 3.29. The molecule has 4 nitrogen and oxygen atoms in total. The highest BCUT2D eigenvalue weighted by Crippen LogP contribution is 2.31. The molecule has 0 saturated heterocycles. The van der Waals surface area contributed by atoms with Gasteiger partial charge in [-0.15, -0.1) is 0 Å². The molecule has 0 aliphatic carbocycles. The van der Waals surface area contributed by atoms with Crippen LogP contribution < -0.4 is 4.74 Å². The van der Waals surface area contributed by atoms with E-state index in [1.165, 1.54) is 0 Å². The molecular weight excluding hydrogens is 252 g/mol. The lowest BCUT2D eigenvalue weighted by atomic mass is 10.1. The Morgan fingerprint density at radius 1 is 1.20 bits per heavy atom. The average Bonchev–Trinajstić information content (AvgIpc) is 2.85. The third-order valence-electron chi connectivity index (χ3n) is 3.33. The van der Waals surface area contributed by atoms with E-state index in [2.05, 4.69) is 4.98 Å². The third-order valence-corrected chi connectivity index (χ3v) is 3.33. The lowest BCUT2D eigenvalue weighted by molar-refractivity contribution is 0.300. The first-order valence-electron chi connectivity index (χ1n) is 6.55. The van der Waals surface area contributed by atoms with E-state index < -0.39 is 0 Å². The van der Waals surface area contributed by atoms with E-state index in [1.54, 1.807) is 12.3 Å². The van der Waals surface area contributed by atoms with Crippen LogP contribution in [0.3, 0.4) is 0 Å². The number of ether oxygens (including phenoxy) is 1. The van der Waals surface area contributed by atoms with Crippen molar-refractivity contribution in [2.75, 3.05) is 6.61 Å². The fraction of sp³-hybridized carbons (Fsp3) is 0.188. The molecule has 0 unspecified atom stereocenters. The van der Waals surface area contributed by atoms with Gasteiger partial charge in [0, 0.05) is 25.9 Å². The Morgan fingerprint density at radius 2 is 1.95 bits per heavy atom.